The number of carbonyl (C=O) groups excluding carboxylic acids is 1. The number of rotatable bonds is 5. The highest BCUT2D eigenvalue weighted by Crippen LogP contribution is 2.26. The van der Waals surface area contributed by atoms with Crippen molar-refractivity contribution in [2.24, 2.45) is 5.92 Å². The van der Waals surface area contributed by atoms with Crippen LogP contribution in [0.5, 0.6) is 0 Å². The van der Waals surface area contributed by atoms with Gasteiger partial charge in [0.05, 0.1) is 0 Å². The third-order valence-electron chi connectivity index (χ3n) is 2.67. The first-order valence-electron chi connectivity index (χ1n) is 5.18. The van der Waals surface area contributed by atoms with Gasteiger partial charge < -0.3 is 10.4 Å². The van der Waals surface area contributed by atoms with Gasteiger partial charge >= 0.3 is 5.97 Å². The van der Waals surface area contributed by atoms with Crippen LogP contribution in [0, 0.1) is 5.92 Å². The zero-order chi connectivity index (χ0) is 10.6. The van der Waals surface area contributed by atoms with Crippen LogP contribution in [0.1, 0.15) is 39.0 Å². The number of hydrogen-bond donors (Lipinski definition) is 2. The van der Waals surface area contributed by atoms with E-state index < -0.39 is 12.0 Å². The summed E-state index contributed by atoms with van der Waals surface area (Å²) in [7, 11) is 0. The molecule has 0 aliphatic heterocycles. The highest BCUT2D eigenvalue weighted by molar-refractivity contribution is 5.85. The lowest BCUT2D eigenvalue weighted by Crippen LogP contribution is -2.45. The predicted octanol–water partition coefficient (Wildman–Crippen LogP) is 1.16. The Hall–Kier alpha value is -1.06. The molecule has 0 heterocycles. The predicted molar refractivity (Wildman–Crippen MR) is 51.8 cm³/mol. The van der Waals surface area contributed by atoms with Gasteiger partial charge in [-0.25, -0.2) is 4.79 Å². The molecular weight excluding hydrogens is 182 g/mol. The molecule has 0 aromatic rings. The molecule has 0 saturated heterocycles. The lowest BCUT2D eigenvalue weighted by Gasteiger charge is -2.25. The Bertz CT molecular complexity index is 223. The fourth-order valence-corrected chi connectivity index (χ4v) is 1.51. The second-order valence-corrected chi connectivity index (χ2v) is 3.82. The second-order valence-electron chi connectivity index (χ2n) is 3.82. The molecule has 4 heteroatoms. The van der Waals surface area contributed by atoms with Gasteiger partial charge in [0.15, 0.2) is 0 Å². The fraction of sp³-hybridized carbons (Fsp3) is 0.800. The third kappa shape index (κ3) is 2.72. The number of carbonyl (C=O) groups is 2. The zero-order valence-electron chi connectivity index (χ0n) is 8.45. The summed E-state index contributed by atoms with van der Waals surface area (Å²) in [6.45, 7) is 1.91. The first-order chi connectivity index (χ1) is 6.65. The third-order valence-corrected chi connectivity index (χ3v) is 2.67. The maximum absolute atomic E-state index is 11.4. The molecule has 2 N–H and O–H groups in total. The van der Waals surface area contributed by atoms with Gasteiger partial charge in [0.1, 0.15) is 6.04 Å². The molecule has 1 atom stereocenters. The second kappa shape index (κ2) is 4.98. The number of carboxylic acids is 1. The molecule has 80 valence electrons. The summed E-state index contributed by atoms with van der Waals surface area (Å²) in [5.74, 6) is -0.953. The molecular formula is C10H17NO3. The molecule has 1 aliphatic carbocycles. The van der Waals surface area contributed by atoms with E-state index in [-0.39, 0.29) is 11.8 Å². The van der Waals surface area contributed by atoms with Crippen molar-refractivity contribution in [1.82, 2.24) is 5.32 Å². The van der Waals surface area contributed by atoms with E-state index in [0.29, 0.717) is 6.42 Å². The fourth-order valence-electron chi connectivity index (χ4n) is 1.51. The van der Waals surface area contributed by atoms with Crippen molar-refractivity contribution in [2.75, 3.05) is 0 Å². The van der Waals surface area contributed by atoms with Crippen LogP contribution in [0.2, 0.25) is 0 Å². The van der Waals surface area contributed by atoms with E-state index in [4.69, 9.17) is 5.11 Å². The van der Waals surface area contributed by atoms with Gasteiger partial charge in [-0.1, -0.05) is 19.8 Å². The molecule has 1 rings (SSSR count). The van der Waals surface area contributed by atoms with Crippen LogP contribution in [-0.4, -0.2) is 23.0 Å². The summed E-state index contributed by atoms with van der Waals surface area (Å²) in [5, 5.41) is 11.4. The van der Waals surface area contributed by atoms with E-state index in [0.717, 1.165) is 25.7 Å². The molecule has 4 nitrogen and oxygen atoms in total. The van der Waals surface area contributed by atoms with Gasteiger partial charge in [0.2, 0.25) is 5.91 Å². The van der Waals surface area contributed by atoms with Crippen molar-refractivity contribution in [2.45, 2.75) is 45.1 Å². The van der Waals surface area contributed by atoms with Gasteiger partial charge in [-0.2, -0.15) is 0 Å². The van der Waals surface area contributed by atoms with Crippen LogP contribution in [0.3, 0.4) is 0 Å². The van der Waals surface area contributed by atoms with E-state index in [1.807, 2.05) is 6.92 Å². The van der Waals surface area contributed by atoms with Crippen molar-refractivity contribution < 1.29 is 14.7 Å². The van der Waals surface area contributed by atoms with Crippen molar-refractivity contribution in [3.63, 3.8) is 0 Å². The lowest BCUT2D eigenvalue weighted by molar-refractivity contribution is -0.143. The molecule has 14 heavy (non-hydrogen) atoms. The molecule has 0 aromatic carbocycles. The molecule has 1 saturated carbocycles. The van der Waals surface area contributed by atoms with Crippen LogP contribution in [0.25, 0.3) is 0 Å². The van der Waals surface area contributed by atoms with Crippen LogP contribution in [0.15, 0.2) is 0 Å². The number of amides is 1. The Morgan fingerprint density at radius 1 is 1.50 bits per heavy atom. The summed E-state index contributed by atoms with van der Waals surface area (Å²) in [4.78, 5) is 22.2. The van der Waals surface area contributed by atoms with Gasteiger partial charge in [-0.3, -0.25) is 4.79 Å². The zero-order valence-corrected chi connectivity index (χ0v) is 8.45. The minimum atomic E-state index is -0.931. The quantitative estimate of drug-likeness (QED) is 0.698. The topological polar surface area (TPSA) is 66.4 Å². The first kappa shape index (κ1) is 11.0. The Kier molecular flexibility index (Phi) is 3.92. The molecule has 0 unspecified atom stereocenters. The molecule has 1 fully saturated rings. The monoisotopic (exact) mass is 199 g/mol. The minimum Gasteiger partial charge on any atom is -0.480 e. The molecule has 0 radical (unpaired) electrons. The van der Waals surface area contributed by atoms with Gasteiger partial charge in [0.25, 0.3) is 0 Å². The summed E-state index contributed by atoms with van der Waals surface area (Å²) < 4.78 is 0. The lowest BCUT2D eigenvalue weighted by atomic mass is 9.84. The summed E-state index contributed by atoms with van der Waals surface area (Å²) in [6, 6.07) is -0.701. The Morgan fingerprint density at radius 2 is 2.14 bits per heavy atom. The Labute approximate surface area is 83.7 Å². The molecule has 1 aliphatic rings. The smallest absolute Gasteiger partial charge is 0.326 e. The van der Waals surface area contributed by atoms with Gasteiger partial charge in [-0.15, -0.1) is 0 Å². The Balaban J connectivity index is 2.37. The number of carboxylic acid groups (broad SMARTS) is 1. The van der Waals surface area contributed by atoms with E-state index in [1.165, 1.54) is 0 Å². The van der Waals surface area contributed by atoms with Crippen molar-refractivity contribution in [1.29, 1.82) is 0 Å². The van der Waals surface area contributed by atoms with E-state index in [1.54, 1.807) is 0 Å². The summed E-state index contributed by atoms with van der Waals surface area (Å²) in [5.41, 5.74) is 0. The maximum Gasteiger partial charge on any atom is 0.326 e. The van der Waals surface area contributed by atoms with Gasteiger partial charge in [0, 0.05) is 5.92 Å². The van der Waals surface area contributed by atoms with Crippen LogP contribution >= 0.6 is 0 Å². The minimum absolute atomic E-state index is 0.0636. The SMILES string of the molecule is CCC[C@@H](NC(=O)C1CCC1)C(=O)O. The first-order valence-corrected chi connectivity index (χ1v) is 5.18. The largest absolute Gasteiger partial charge is 0.480 e. The number of aliphatic carboxylic acids is 1. The maximum atomic E-state index is 11.4. The molecule has 0 bridgehead atoms. The highest BCUT2D eigenvalue weighted by Gasteiger charge is 2.28. The molecule has 1 amide bonds. The summed E-state index contributed by atoms with van der Waals surface area (Å²) >= 11 is 0. The van der Waals surface area contributed by atoms with E-state index in [2.05, 4.69) is 5.32 Å². The average Bonchev–Trinajstić information content (AvgIpc) is 1.99. The normalized spacial score (nSPS) is 18.4. The van der Waals surface area contributed by atoms with Gasteiger partial charge in [-0.05, 0) is 19.3 Å². The van der Waals surface area contributed by atoms with E-state index in [9.17, 15) is 9.59 Å². The average molecular weight is 199 g/mol. The van der Waals surface area contributed by atoms with Crippen LogP contribution < -0.4 is 5.32 Å². The summed E-state index contributed by atoms with van der Waals surface area (Å²) in [6.07, 6.45) is 4.17. The van der Waals surface area contributed by atoms with Crippen LogP contribution in [0.4, 0.5) is 0 Å². The van der Waals surface area contributed by atoms with Crippen molar-refractivity contribution in [3.05, 3.63) is 0 Å². The van der Waals surface area contributed by atoms with Crippen molar-refractivity contribution >= 4 is 11.9 Å². The Morgan fingerprint density at radius 3 is 2.50 bits per heavy atom. The van der Waals surface area contributed by atoms with Crippen LogP contribution in [-0.2, 0) is 9.59 Å². The van der Waals surface area contributed by atoms with Crippen molar-refractivity contribution in [3.8, 4) is 0 Å². The highest BCUT2D eigenvalue weighted by atomic mass is 16.4. The van der Waals surface area contributed by atoms with E-state index >= 15 is 0 Å². The number of hydrogen-bond acceptors (Lipinski definition) is 2. The molecule has 0 aromatic heterocycles. The standard InChI is InChI=1S/C10H17NO3/c1-2-4-8(10(13)14)11-9(12)7-5-3-6-7/h7-8H,2-6H2,1H3,(H,11,12)(H,13,14)/t8-/m1/s1. The number of nitrogens with one attached hydrogen (secondary N) is 1. The molecule has 0 spiro atoms.